The molecule has 3 aromatic rings. The molecule has 1 aromatic heterocycles. The predicted octanol–water partition coefficient (Wildman–Crippen LogP) is 4.73. The number of rotatable bonds is 6. The van der Waals surface area contributed by atoms with E-state index in [0.717, 1.165) is 30.8 Å². The highest BCUT2D eigenvalue weighted by atomic mass is 19.1. The van der Waals surface area contributed by atoms with Crippen molar-refractivity contribution in [3.8, 4) is 33.9 Å². The van der Waals surface area contributed by atoms with Crippen LogP contribution in [0.2, 0.25) is 0 Å². The van der Waals surface area contributed by atoms with Gasteiger partial charge in [-0.15, -0.1) is 0 Å². The van der Waals surface area contributed by atoms with Gasteiger partial charge < -0.3 is 9.84 Å². The summed E-state index contributed by atoms with van der Waals surface area (Å²) in [6.07, 6.45) is 4.21. The molecule has 0 spiro atoms. The number of pyridine rings is 1. The van der Waals surface area contributed by atoms with Crippen molar-refractivity contribution in [2.24, 2.45) is 0 Å². The Balaban J connectivity index is 1.42. The summed E-state index contributed by atoms with van der Waals surface area (Å²) in [5.74, 6) is 0.419. The van der Waals surface area contributed by atoms with Crippen LogP contribution in [-0.2, 0) is 0 Å². The molecule has 0 aliphatic carbocycles. The summed E-state index contributed by atoms with van der Waals surface area (Å²) in [7, 11) is 0. The number of nitrogens with zero attached hydrogens (tertiary/aromatic N) is 2. The first-order valence-corrected chi connectivity index (χ1v) is 9.59. The number of phenols is 1. The zero-order valence-corrected chi connectivity index (χ0v) is 15.6. The molecule has 0 bridgehead atoms. The van der Waals surface area contributed by atoms with Crippen LogP contribution < -0.4 is 4.74 Å². The summed E-state index contributed by atoms with van der Waals surface area (Å²) in [6.45, 7) is 3.70. The van der Waals surface area contributed by atoms with Gasteiger partial charge in [-0.2, -0.15) is 0 Å². The van der Waals surface area contributed by atoms with E-state index in [4.69, 9.17) is 4.74 Å². The van der Waals surface area contributed by atoms with E-state index in [1.807, 2.05) is 18.2 Å². The van der Waals surface area contributed by atoms with Crippen molar-refractivity contribution >= 4 is 0 Å². The lowest BCUT2D eigenvalue weighted by molar-refractivity contribution is 0.237. The first kappa shape index (κ1) is 18.4. The molecule has 0 unspecified atom stereocenters. The van der Waals surface area contributed by atoms with Gasteiger partial charge in [0.25, 0.3) is 0 Å². The fourth-order valence-electron chi connectivity index (χ4n) is 3.47. The van der Waals surface area contributed by atoms with Crippen molar-refractivity contribution in [1.82, 2.24) is 9.88 Å². The molecule has 2 heterocycles. The first-order chi connectivity index (χ1) is 13.7. The lowest BCUT2D eigenvalue weighted by atomic mass is 10.1. The molecule has 5 heteroatoms. The molecular weight excluding hydrogens is 355 g/mol. The van der Waals surface area contributed by atoms with Gasteiger partial charge in [-0.25, -0.2) is 4.39 Å². The molecule has 0 atom stereocenters. The Morgan fingerprint density at radius 3 is 2.39 bits per heavy atom. The van der Waals surface area contributed by atoms with Gasteiger partial charge in [0.05, 0.1) is 5.69 Å². The zero-order chi connectivity index (χ0) is 19.3. The summed E-state index contributed by atoms with van der Waals surface area (Å²) in [4.78, 5) is 6.77. The van der Waals surface area contributed by atoms with E-state index in [1.165, 1.54) is 18.9 Å². The highest BCUT2D eigenvalue weighted by molar-refractivity contribution is 5.67. The Bertz CT molecular complexity index is 920. The second kappa shape index (κ2) is 8.40. The van der Waals surface area contributed by atoms with E-state index in [0.29, 0.717) is 23.6 Å². The minimum Gasteiger partial charge on any atom is -0.508 e. The molecule has 1 saturated heterocycles. The number of aromatic hydroxyl groups is 1. The molecule has 0 amide bonds. The fourth-order valence-corrected chi connectivity index (χ4v) is 3.47. The Morgan fingerprint density at radius 2 is 1.71 bits per heavy atom. The average Bonchev–Trinajstić information content (AvgIpc) is 3.23. The molecular formula is C23H23FN2O2. The number of phenolic OH excluding ortho intramolecular Hbond substituents is 1. The summed E-state index contributed by atoms with van der Waals surface area (Å²) in [5, 5.41) is 9.39. The maximum atomic E-state index is 14.6. The number of likely N-dealkylation sites (tertiary alicyclic amines) is 1. The smallest absolute Gasteiger partial charge is 0.136 e. The molecule has 144 valence electrons. The molecule has 1 N–H and O–H groups in total. The number of halogens is 1. The van der Waals surface area contributed by atoms with Crippen molar-refractivity contribution in [3.63, 3.8) is 0 Å². The van der Waals surface area contributed by atoms with Crippen LogP contribution in [0, 0.1) is 5.82 Å². The number of aromatic nitrogens is 1. The summed E-state index contributed by atoms with van der Waals surface area (Å²) >= 11 is 0. The van der Waals surface area contributed by atoms with E-state index in [2.05, 4.69) is 9.88 Å². The van der Waals surface area contributed by atoms with Crippen molar-refractivity contribution in [1.29, 1.82) is 0 Å². The molecule has 2 aromatic carbocycles. The van der Waals surface area contributed by atoms with E-state index in [1.54, 1.807) is 36.5 Å². The van der Waals surface area contributed by atoms with E-state index >= 15 is 0 Å². The fraction of sp³-hybridized carbons (Fsp3) is 0.261. The monoisotopic (exact) mass is 378 g/mol. The third kappa shape index (κ3) is 4.31. The Morgan fingerprint density at radius 1 is 0.964 bits per heavy atom. The van der Waals surface area contributed by atoms with Crippen LogP contribution in [0.25, 0.3) is 22.4 Å². The van der Waals surface area contributed by atoms with Gasteiger partial charge in [0.2, 0.25) is 0 Å². The van der Waals surface area contributed by atoms with Crippen molar-refractivity contribution in [2.75, 3.05) is 26.2 Å². The number of hydrogen-bond donors (Lipinski definition) is 1. The van der Waals surface area contributed by atoms with Crippen LogP contribution >= 0.6 is 0 Å². The highest BCUT2D eigenvalue weighted by Gasteiger charge is 2.12. The summed E-state index contributed by atoms with van der Waals surface area (Å²) in [6, 6.07) is 15.5. The lowest BCUT2D eigenvalue weighted by Gasteiger charge is -2.15. The molecule has 4 rings (SSSR count). The predicted molar refractivity (Wildman–Crippen MR) is 108 cm³/mol. The summed E-state index contributed by atoms with van der Waals surface area (Å²) < 4.78 is 20.3. The van der Waals surface area contributed by atoms with Gasteiger partial charge in [0.1, 0.15) is 23.9 Å². The number of hydrogen-bond acceptors (Lipinski definition) is 4. The summed E-state index contributed by atoms with van der Waals surface area (Å²) in [5.41, 5.74) is 2.87. The standard InChI is InChI=1S/C23H23FN2O2/c24-22-15-20(28-14-13-26-11-1-2-12-26)8-9-21(22)23-10-5-18(16-25-23)17-3-6-19(27)7-4-17/h3-10,15-16,27H,1-2,11-14H2. The maximum Gasteiger partial charge on any atom is 0.136 e. The van der Waals surface area contributed by atoms with Crippen molar-refractivity contribution in [2.45, 2.75) is 12.8 Å². The molecule has 1 aliphatic rings. The molecule has 1 fully saturated rings. The zero-order valence-electron chi connectivity index (χ0n) is 15.6. The topological polar surface area (TPSA) is 45.6 Å². The number of ether oxygens (including phenoxy) is 1. The number of benzene rings is 2. The second-order valence-electron chi connectivity index (χ2n) is 7.02. The second-order valence-corrected chi connectivity index (χ2v) is 7.02. The van der Waals surface area contributed by atoms with Crippen molar-refractivity contribution < 1.29 is 14.2 Å². The lowest BCUT2D eigenvalue weighted by Crippen LogP contribution is -2.25. The molecule has 0 saturated carbocycles. The SMILES string of the molecule is Oc1ccc(-c2ccc(-c3ccc(OCCN4CCCC4)cc3F)nc2)cc1. The van der Waals surface area contributed by atoms with E-state index in [9.17, 15) is 9.50 Å². The molecule has 28 heavy (non-hydrogen) atoms. The first-order valence-electron chi connectivity index (χ1n) is 9.59. The van der Waals surface area contributed by atoms with Crippen LogP contribution in [-0.4, -0.2) is 41.2 Å². The third-order valence-corrected chi connectivity index (χ3v) is 5.06. The Hall–Kier alpha value is -2.92. The van der Waals surface area contributed by atoms with Gasteiger partial charge in [-0.3, -0.25) is 9.88 Å². The molecule has 0 radical (unpaired) electrons. The normalized spacial score (nSPS) is 14.3. The van der Waals surface area contributed by atoms with Crippen LogP contribution in [0.3, 0.4) is 0 Å². The van der Waals surface area contributed by atoms with Crippen LogP contribution in [0.1, 0.15) is 12.8 Å². The minimum atomic E-state index is -0.344. The Labute approximate surface area is 164 Å². The van der Waals surface area contributed by atoms with Crippen LogP contribution in [0.5, 0.6) is 11.5 Å². The van der Waals surface area contributed by atoms with Crippen molar-refractivity contribution in [3.05, 3.63) is 66.6 Å². The quantitative estimate of drug-likeness (QED) is 0.673. The van der Waals surface area contributed by atoms with Gasteiger partial charge in [0.15, 0.2) is 0 Å². The average molecular weight is 378 g/mol. The van der Waals surface area contributed by atoms with E-state index in [-0.39, 0.29) is 11.6 Å². The Kier molecular flexibility index (Phi) is 5.53. The highest BCUT2D eigenvalue weighted by Crippen LogP contribution is 2.27. The van der Waals surface area contributed by atoms with E-state index < -0.39 is 0 Å². The van der Waals surface area contributed by atoms with Gasteiger partial charge >= 0.3 is 0 Å². The van der Waals surface area contributed by atoms with Gasteiger partial charge in [-0.05, 0) is 61.8 Å². The third-order valence-electron chi connectivity index (χ3n) is 5.06. The van der Waals surface area contributed by atoms with Crippen LogP contribution in [0.4, 0.5) is 4.39 Å². The van der Waals surface area contributed by atoms with Gasteiger partial charge in [-0.1, -0.05) is 18.2 Å². The van der Waals surface area contributed by atoms with Gasteiger partial charge in [0, 0.05) is 29.9 Å². The molecule has 4 nitrogen and oxygen atoms in total. The largest absolute Gasteiger partial charge is 0.508 e. The van der Waals surface area contributed by atoms with Crippen LogP contribution in [0.15, 0.2) is 60.8 Å². The maximum absolute atomic E-state index is 14.6. The minimum absolute atomic E-state index is 0.220. The molecule has 1 aliphatic heterocycles.